The summed E-state index contributed by atoms with van der Waals surface area (Å²) < 4.78 is 3.37. The summed E-state index contributed by atoms with van der Waals surface area (Å²) in [5, 5.41) is 8.71. The van der Waals surface area contributed by atoms with Gasteiger partial charge in [-0.15, -0.1) is 0 Å². The van der Waals surface area contributed by atoms with Gasteiger partial charge in [0.2, 0.25) is 0 Å². The minimum Gasteiger partial charge on any atom is -0.304 e. The van der Waals surface area contributed by atoms with Crippen LogP contribution in [0.25, 0.3) is 5.65 Å². The molecule has 3 nitrogen and oxygen atoms in total. The van der Waals surface area contributed by atoms with Crippen molar-refractivity contribution in [1.82, 2.24) is 9.38 Å². The van der Waals surface area contributed by atoms with Gasteiger partial charge in [-0.1, -0.05) is 0 Å². The predicted octanol–water partition coefficient (Wildman–Crippen LogP) is 2.73. The van der Waals surface area contributed by atoms with Crippen LogP contribution in [0, 0.1) is 11.3 Å². The molecule has 0 saturated carbocycles. The van der Waals surface area contributed by atoms with E-state index in [1.165, 1.54) is 0 Å². The summed E-state index contributed by atoms with van der Waals surface area (Å²) in [5.41, 5.74) is 1.40. The Kier molecular flexibility index (Phi) is 2.10. The number of fused-ring (bicyclic) bond motifs is 1. The van der Waals surface area contributed by atoms with Crippen LogP contribution < -0.4 is 0 Å². The Balaban J connectivity index is 2.85. The first kappa shape index (κ1) is 8.73. The maximum Gasteiger partial charge on any atom is 0.152 e. The van der Waals surface area contributed by atoms with Gasteiger partial charge in [0.05, 0.1) is 10.0 Å². The summed E-state index contributed by atoms with van der Waals surface area (Å²) in [6.45, 7) is 0. The maximum absolute atomic E-state index is 8.71. The van der Waals surface area contributed by atoms with E-state index in [9.17, 15) is 0 Å². The molecular weight excluding hydrogens is 298 g/mol. The maximum atomic E-state index is 8.71. The highest BCUT2D eigenvalue weighted by molar-refractivity contribution is 9.11. The number of hydrogen-bond donors (Lipinski definition) is 0. The number of hydrogen-bond acceptors (Lipinski definition) is 2. The van der Waals surface area contributed by atoms with Gasteiger partial charge in [0, 0.05) is 12.4 Å². The lowest BCUT2D eigenvalue weighted by molar-refractivity contribution is 1.16. The van der Waals surface area contributed by atoms with Crippen molar-refractivity contribution in [3.8, 4) is 6.07 Å². The SMILES string of the molecule is N#Cc1cc(Br)c2nc(Br)cn2c1. The van der Waals surface area contributed by atoms with Crippen LogP contribution in [-0.2, 0) is 0 Å². The fourth-order valence-electron chi connectivity index (χ4n) is 1.09. The average Bonchev–Trinajstić information content (AvgIpc) is 2.46. The Labute approximate surface area is 91.3 Å². The molecule has 13 heavy (non-hydrogen) atoms. The Bertz CT molecular complexity index is 510. The zero-order valence-electron chi connectivity index (χ0n) is 6.33. The lowest BCUT2D eigenvalue weighted by atomic mass is 10.3. The summed E-state index contributed by atoms with van der Waals surface area (Å²) in [4.78, 5) is 4.21. The van der Waals surface area contributed by atoms with E-state index >= 15 is 0 Å². The quantitative estimate of drug-likeness (QED) is 0.750. The van der Waals surface area contributed by atoms with Crippen LogP contribution in [0.3, 0.4) is 0 Å². The van der Waals surface area contributed by atoms with Crippen molar-refractivity contribution in [2.45, 2.75) is 0 Å². The topological polar surface area (TPSA) is 41.1 Å². The molecular formula is C8H3Br2N3. The van der Waals surface area contributed by atoms with Crippen molar-refractivity contribution in [2.24, 2.45) is 0 Å². The zero-order chi connectivity index (χ0) is 9.42. The standard InChI is InChI=1S/C8H3Br2N3/c9-6-1-5(2-11)3-13-4-7(10)12-8(6)13/h1,3-4H. The second kappa shape index (κ2) is 3.13. The number of nitriles is 1. The fraction of sp³-hybridized carbons (Fsp3) is 0. The summed E-state index contributed by atoms with van der Waals surface area (Å²) in [7, 11) is 0. The molecule has 0 fully saturated rings. The summed E-state index contributed by atoms with van der Waals surface area (Å²) in [5.74, 6) is 0. The zero-order valence-corrected chi connectivity index (χ0v) is 9.50. The van der Waals surface area contributed by atoms with E-state index in [4.69, 9.17) is 5.26 Å². The first-order valence-electron chi connectivity index (χ1n) is 3.44. The Morgan fingerprint density at radius 2 is 2.15 bits per heavy atom. The molecule has 0 aliphatic carbocycles. The van der Waals surface area contributed by atoms with Gasteiger partial charge in [0.15, 0.2) is 5.65 Å². The Morgan fingerprint density at radius 3 is 2.85 bits per heavy atom. The molecule has 0 aliphatic heterocycles. The van der Waals surface area contributed by atoms with Gasteiger partial charge in [-0.2, -0.15) is 5.26 Å². The third kappa shape index (κ3) is 1.47. The van der Waals surface area contributed by atoms with E-state index in [1.54, 1.807) is 22.9 Å². The number of imidazole rings is 1. The van der Waals surface area contributed by atoms with Gasteiger partial charge in [-0.25, -0.2) is 4.98 Å². The number of nitrogens with zero attached hydrogens (tertiary/aromatic N) is 3. The molecule has 0 bridgehead atoms. The first-order chi connectivity index (χ1) is 6.20. The number of rotatable bonds is 0. The molecule has 0 amide bonds. The van der Waals surface area contributed by atoms with Gasteiger partial charge in [0.1, 0.15) is 10.7 Å². The van der Waals surface area contributed by atoms with Crippen LogP contribution in [0.1, 0.15) is 5.56 Å². The van der Waals surface area contributed by atoms with Gasteiger partial charge >= 0.3 is 0 Å². The average molecular weight is 301 g/mol. The van der Waals surface area contributed by atoms with E-state index in [0.717, 1.165) is 14.7 Å². The molecule has 0 saturated heterocycles. The summed E-state index contributed by atoms with van der Waals surface area (Å²) in [6, 6.07) is 3.82. The fourth-order valence-corrected chi connectivity index (χ4v) is 2.02. The highest BCUT2D eigenvalue weighted by atomic mass is 79.9. The van der Waals surface area contributed by atoms with Crippen molar-refractivity contribution >= 4 is 37.5 Å². The monoisotopic (exact) mass is 299 g/mol. The van der Waals surface area contributed by atoms with Crippen LogP contribution >= 0.6 is 31.9 Å². The van der Waals surface area contributed by atoms with E-state index in [2.05, 4.69) is 42.9 Å². The molecule has 64 valence electrons. The molecule has 0 unspecified atom stereocenters. The van der Waals surface area contributed by atoms with Crippen molar-refractivity contribution < 1.29 is 0 Å². The molecule has 2 rings (SSSR count). The van der Waals surface area contributed by atoms with Crippen molar-refractivity contribution in [3.63, 3.8) is 0 Å². The first-order valence-corrected chi connectivity index (χ1v) is 5.03. The van der Waals surface area contributed by atoms with Crippen LogP contribution in [0.5, 0.6) is 0 Å². The Hall–Kier alpha value is -0.860. The van der Waals surface area contributed by atoms with Gasteiger partial charge < -0.3 is 4.40 Å². The Morgan fingerprint density at radius 1 is 1.38 bits per heavy atom. The van der Waals surface area contributed by atoms with E-state index in [-0.39, 0.29) is 0 Å². The van der Waals surface area contributed by atoms with E-state index < -0.39 is 0 Å². The van der Waals surface area contributed by atoms with Crippen molar-refractivity contribution in [3.05, 3.63) is 33.1 Å². The minimum atomic E-state index is 0.601. The molecule has 2 heterocycles. The molecule has 0 radical (unpaired) electrons. The van der Waals surface area contributed by atoms with Gasteiger partial charge in [-0.3, -0.25) is 0 Å². The van der Waals surface area contributed by atoms with E-state index in [0.29, 0.717) is 5.56 Å². The smallest absolute Gasteiger partial charge is 0.152 e. The molecule has 0 atom stereocenters. The van der Waals surface area contributed by atoms with Crippen LogP contribution in [-0.4, -0.2) is 9.38 Å². The lowest BCUT2D eigenvalue weighted by Gasteiger charge is -1.95. The van der Waals surface area contributed by atoms with Gasteiger partial charge in [-0.05, 0) is 37.9 Å². The normalized spacial score (nSPS) is 10.2. The largest absolute Gasteiger partial charge is 0.304 e. The van der Waals surface area contributed by atoms with Gasteiger partial charge in [0.25, 0.3) is 0 Å². The van der Waals surface area contributed by atoms with Crippen molar-refractivity contribution in [2.75, 3.05) is 0 Å². The molecule has 5 heteroatoms. The highest BCUT2D eigenvalue weighted by Crippen LogP contribution is 2.21. The summed E-state index contributed by atoms with van der Waals surface area (Å²) >= 11 is 6.62. The van der Waals surface area contributed by atoms with E-state index in [1.807, 2.05) is 0 Å². The summed E-state index contributed by atoms with van der Waals surface area (Å²) in [6.07, 6.45) is 3.54. The minimum absolute atomic E-state index is 0.601. The van der Waals surface area contributed by atoms with Crippen molar-refractivity contribution in [1.29, 1.82) is 5.26 Å². The second-order valence-electron chi connectivity index (χ2n) is 2.48. The van der Waals surface area contributed by atoms with Crippen LogP contribution in [0.4, 0.5) is 0 Å². The second-order valence-corrected chi connectivity index (χ2v) is 4.15. The highest BCUT2D eigenvalue weighted by Gasteiger charge is 2.04. The van der Waals surface area contributed by atoms with Crippen LogP contribution in [0.15, 0.2) is 27.5 Å². The van der Waals surface area contributed by atoms with Crippen LogP contribution in [0.2, 0.25) is 0 Å². The molecule has 2 aromatic rings. The molecule has 2 aromatic heterocycles. The molecule has 0 aromatic carbocycles. The predicted molar refractivity (Wildman–Crippen MR) is 55.3 cm³/mol. The third-order valence-corrected chi connectivity index (χ3v) is 2.57. The number of halogens is 2. The third-order valence-electron chi connectivity index (χ3n) is 1.61. The number of aromatic nitrogens is 2. The molecule has 0 N–H and O–H groups in total. The lowest BCUT2D eigenvalue weighted by Crippen LogP contribution is -1.86. The molecule has 0 spiro atoms. The number of pyridine rings is 1. The molecule has 0 aliphatic rings.